The van der Waals surface area contributed by atoms with E-state index in [0.29, 0.717) is 23.5 Å². The fourth-order valence-electron chi connectivity index (χ4n) is 3.44. The smallest absolute Gasteiger partial charge is 0.305 e. The molecule has 0 saturated heterocycles. The Hall–Kier alpha value is -2.87. The number of aromatic nitrogens is 3. The zero-order valence-electron chi connectivity index (χ0n) is 15.6. The second-order valence-corrected chi connectivity index (χ2v) is 6.85. The molecule has 3 heterocycles. The highest BCUT2D eigenvalue weighted by Gasteiger charge is 2.35. The van der Waals surface area contributed by atoms with Gasteiger partial charge in [0, 0.05) is 29.7 Å². The molecule has 0 radical (unpaired) electrons. The van der Waals surface area contributed by atoms with Crippen LogP contribution in [0.2, 0.25) is 0 Å². The third-order valence-electron chi connectivity index (χ3n) is 4.82. The quantitative estimate of drug-likeness (QED) is 0.589. The number of pyridine rings is 1. The summed E-state index contributed by atoms with van der Waals surface area (Å²) in [5.74, 6) is -0.292. The maximum Gasteiger partial charge on any atom is 0.416 e. The maximum atomic E-state index is 13.2. The van der Waals surface area contributed by atoms with Gasteiger partial charge in [-0.25, -0.2) is 0 Å². The van der Waals surface area contributed by atoms with Crippen molar-refractivity contribution in [2.24, 2.45) is 0 Å². The van der Waals surface area contributed by atoms with Crippen molar-refractivity contribution in [3.8, 4) is 11.1 Å². The van der Waals surface area contributed by atoms with E-state index in [2.05, 4.69) is 10.1 Å². The van der Waals surface area contributed by atoms with Crippen LogP contribution in [0.4, 0.5) is 18.9 Å². The molecular formula is C20H18ClF3N4O. The zero-order valence-corrected chi connectivity index (χ0v) is 16.5. The molecule has 1 unspecified atom stereocenters. The highest BCUT2D eigenvalue weighted by atomic mass is 35.5. The average Bonchev–Trinajstić information content (AvgIpc) is 3.10. The molecule has 1 aliphatic heterocycles. The Morgan fingerprint density at radius 2 is 1.83 bits per heavy atom. The van der Waals surface area contributed by atoms with Gasteiger partial charge in [0.15, 0.2) is 0 Å². The summed E-state index contributed by atoms with van der Waals surface area (Å²) in [4.78, 5) is 18.9. The first-order valence-electron chi connectivity index (χ1n) is 8.75. The Kier molecular flexibility index (Phi) is 5.40. The van der Waals surface area contributed by atoms with Crippen molar-refractivity contribution in [1.29, 1.82) is 0 Å². The molecule has 9 heteroatoms. The number of fused-ring (bicyclic) bond motifs is 1. The number of amides is 1. The first kappa shape index (κ1) is 20.9. The van der Waals surface area contributed by atoms with Gasteiger partial charge in [0.2, 0.25) is 0 Å². The van der Waals surface area contributed by atoms with Crippen LogP contribution in [0.5, 0.6) is 0 Å². The summed E-state index contributed by atoms with van der Waals surface area (Å²) in [6.07, 6.45) is -1.10. The van der Waals surface area contributed by atoms with Crippen molar-refractivity contribution in [2.75, 3.05) is 11.4 Å². The lowest BCUT2D eigenvalue weighted by molar-refractivity contribution is -0.137. The lowest BCUT2D eigenvalue weighted by atomic mass is 10.0. The molecule has 1 aromatic carbocycles. The molecule has 2 aromatic heterocycles. The Morgan fingerprint density at radius 3 is 2.45 bits per heavy atom. The number of carbonyl (C=O) groups excluding carboxylic acids is 1. The van der Waals surface area contributed by atoms with Gasteiger partial charge in [-0.05, 0) is 55.8 Å². The average molecular weight is 423 g/mol. The van der Waals surface area contributed by atoms with E-state index >= 15 is 0 Å². The molecule has 1 atom stereocenters. The molecule has 29 heavy (non-hydrogen) atoms. The molecule has 5 nitrogen and oxygen atoms in total. The largest absolute Gasteiger partial charge is 0.416 e. The van der Waals surface area contributed by atoms with Gasteiger partial charge in [0.05, 0.1) is 17.8 Å². The van der Waals surface area contributed by atoms with Gasteiger partial charge in [-0.15, -0.1) is 12.4 Å². The third-order valence-corrected chi connectivity index (χ3v) is 4.82. The van der Waals surface area contributed by atoms with Gasteiger partial charge in [0.1, 0.15) is 5.69 Å². The van der Waals surface area contributed by atoms with E-state index in [1.165, 1.54) is 17.0 Å². The number of rotatable bonds is 2. The van der Waals surface area contributed by atoms with Gasteiger partial charge in [-0.2, -0.15) is 18.3 Å². The number of aryl methyl sites for hydroxylation is 1. The van der Waals surface area contributed by atoms with Crippen LogP contribution in [-0.2, 0) is 6.18 Å². The van der Waals surface area contributed by atoms with E-state index in [9.17, 15) is 18.0 Å². The van der Waals surface area contributed by atoms with Crippen LogP contribution in [0.1, 0.15) is 34.7 Å². The lowest BCUT2D eigenvalue weighted by Crippen LogP contribution is -2.42. The summed E-state index contributed by atoms with van der Waals surface area (Å²) in [5.41, 5.74) is 2.42. The Balaban J connectivity index is 0.00000240. The van der Waals surface area contributed by atoms with Crippen molar-refractivity contribution in [1.82, 2.24) is 14.8 Å². The fourth-order valence-corrected chi connectivity index (χ4v) is 3.44. The molecule has 0 fully saturated rings. The van der Waals surface area contributed by atoms with E-state index in [-0.39, 0.29) is 24.4 Å². The number of anilines is 1. The van der Waals surface area contributed by atoms with Gasteiger partial charge >= 0.3 is 6.18 Å². The molecule has 152 valence electrons. The summed E-state index contributed by atoms with van der Waals surface area (Å²) in [5, 5.41) is 4.37. The molecule has 4 rings (SSSR count). The molecule has 1 aliphatic rings. The second-order valence-electron chi connectivity index (χ2n) is 6.85. The molecule has 1 amide bonds. The first-order valence-corrected chi connectivity index (χ1v) is 8.75. The number of hydrogen-bond acceptors (Lipinski definition) is 3. The van der Waals surface area contributed by atoms with Crippen LogP contribution in [0.25, 0.3) is 11.1 Å². The van der Waals surface area contributed by atoms with Crippen molar-refractivity contribution in [3.05, 3.63) is 65.7 Å². The van der Waals surface area contributed by atoms with Gasteiger partial charge in [0.25, 0.3) is 5.91 Å². The van der Waals surface area contributed by atoms with Crippen LogP contribution in [0, 0.1) is 6.92 Å². The molecule has 0 saturated carbocycles. The SMILES string of the molecule is Cc1cc(-c2cnn3c2C(=O)N(c2ccc(C(F)(F)F)cc2)CC3C)ccn1.Cl. The van der Waals surface area contributed by atoms with Gasteiger partial charge in [-0.3, -0.25) is 14.5 Å². The fraction of sp³-hybridized carbons (Fsp3) is 0.250. The van der Waals surface area contributed by atoms with Crippen LogP contribution in [-0.4, -0.2) is 27.2 Å². The topological polar surface area (TPSA) is 51.0 Å². The number of halogens is 4. The zero-order chi connectivity index (χ0) is 20.1. The van der Waals surface area contributed by atoms with E-state index in [1.54, 1.807) is 23.1 Å². The van der Waals surface area contributed by atoms with Gasteiger partial charge in [-0.1, -0.05) is 0 Å². The van der Waals surface area contributed by atoms with E-state index in [0.717, 1.165) is 23.4 Å². The van der Waals surface area contributed by atoms with Crippen LogP contribution in [0.15, 0.2) is 48.8 Å². The van der Waals surface area contributed by atoms with Crippen molar-refractivity contribution < 1.29 is 18.0 Å². The minimum atomic E-state index is -4.41. The van der Waals surface area contributed by atoms with Crippen molar-refractivity contribution in [3.63, 3.8) is 0 Å². The summed E-state index contributed by atoms with van der Waals surface area (Å²) in [6.45, 7) is 4.10. The molecule has 0 aliphatic carbocycles. The number of alkyl halides is 3. The van der Waals surface area contributed by atoms with E-state index in [4.69, 9.17) is 0 Å². The normalized spacial score (nSPS) is 16.4. The Labute approximate surface area is 171 Å². The van der Waals surface area contributed by atoms with E-state index in [1.807, 2.05) is 19.9 Å². The molecular weight excluding hydrogens is 405 g/mol. The predicted octanol–water partition coefficient (Wildman–Crippen LogP) is 4.92. The number of hydrogen-bond donors (Lipinski definition) is 0. The second kappa shape index (κ2) is 7.51. The Morgan fingerprint density at radius 1 is 1.14 bits per heavy atom. The van der Waals surface area contributed by atoms with Crippen molar-refractivity contribution >= 4 is 24.0 Å². The molecule has 0 bridgehead atoms. The van der Waals surface area contributed by atoms with Gasteiger partial charge < -0.3 is 4.90 Å². The van der Waals surface area contributed by atoms with Crippen molar-refractivity contribution in [2.45, 2.75) is 26.1 Å². The lowest BCUT2D eigenvalue weighted by Gasteiger charge is -2.32. The number of nitrogens with zero attached hydrogens (tertiary/aromatic N) is 4. The van der Waals surface area contributed by atoms with Crippen LogP contribution < -0.4 is 4.90 Å². The summed E-state index contributed by atoms with van der Waals surface area (Å²) < 4.78 is 40.2. The highest BCUT2D eigenvalue weighted by molar-refractivity contribution is 6.09. The minimum Gasteiger partial charge on any atom is -0.305 e. The standard InChI is InChI=1S/C20H17F3N4O.ClH/c1-12-9-14(7-8-24-12)17-10-25-27-13(2)11-26(19(28)18(17)27)16-5-3-15(4-6-16)20(21,22)23;/h3-10,13H,11H2,1-2H3;1H. The minimum absolute atomic E-state index is 0. The number of carbonyl (C=O) groups is 1. The monoisotopic (exact) mass is 422 g/mol. The van der Waals surface area contributed by atoms with E-state index < -0.39 is 11.7 Å². The number of benzene rings is 1. The molecule has 0 spiro atoms. The molecule has 0 N–H and O–H groups in total. The summed E-state index contributed by atoms with van der Waals surface area (Å²) in [6, 6.07) is 8.20. The highest BCUT2D eigenvalue weighted by Crippen LogP contribution is 2.34. The summed E-state index contributed by atoms with van der Waals surface area (Å²) >= 11 is 0. The summed E-state index contributed by atoms with van der Waals surface area (Å²) in [7, 11) is 0. The van der Waals surface area contributed by atoms with Crippen LogP contribution >= 0.6 is 12.4 Å². The predicted molar refractivity (Wildman–Crippen MR) is 105 cm³/mol. The first-order chi connectivity index (χ1) is 13.3. The third kappa shape index (κ3) is 3.72. The Bertz CT molecular complexity index is 1050. The molecule has 3 aromatic rings. The maximum absolute atomic E-state index is 13.2. The van der Waals surface area contributed by atoms with Crippen LogP contribution in [0.3, 0.4) is 0 Å².